The van der Waals surface area contributed by atoms with E-state index < -0.39 is 5.97 Å². The summed E-state index contributed by atoms with van der Waals surface area (Å²) in [6, 6.07) is 0. The van der Waals surface area contributed by atoms with E-state index in [1.807, 2.05) is 0 Å². The first-order chi connectivity index (χ1) is 4.18. The maximum Gasteiger partial charge on any atom is 0.345 e. The molecule has 0 fully saturated rings. The molecule has 0 saturated heterocycles. The van der Waals surface area contributed by atoms with Crippen LogP contribution < -0.4 is 0 Å². The molecule has 0 aromatic rings. The number of halogens is 3. The van der Waals surface area contributed by atoms with Gasteiger partial charge in [0.25, 0.3) is 0 Å². The van der Waals surface area contributed by atoms with Gasteiger partial charge in [0.2, 0.25) is 0 Å². The van der Waals surface area contributed by atoms with Crippen molar-refractivity contribution >= 4 is 5.97 Å². The third-order valence-corrected chi connectivity index (χ3v) is 0.156. The van der Waals surface area contributed by atoms with Gasteiger partial charge in [-0.2, -0.15) is 0 Å². The van der Waals surface area contributed by atoms with Crippen molar-refractivity contribution < 1.29 is 23.0 Å². The molecular formula is C4H5F3O2. The number of hydrogen-bond donors (Lipinski definition) is 0. The molecule has 0 rings (SSSR count). The summed E-state index contributed by atoms with van der Waals surface area (Å²) in [4.78, 5) is 11.8. The van der Waals surface area contributed by atoms with Crippen molar-refractivity contribution in [2.24, 2.45) is 0 Å². The van der Waals surface area contributed by atoms with Gasteiger partial charge in [0.15, 0.2) is 0 Å². The molecule has 0 aliphatic rings. The largest absolute Gasteiger partial charge is 0.345 e. The molecule has 0 spiro atoms. The Hall–Kier alpha value is -1.00. The molecule has 0 unspecified atom stereocenters. The topological polar surface area (TPSA) is 26.3 Å². The molecule has 0 radical (unpaired) electrons. The van der Waals surface area contributed by atoms with Crippen LogP contribution in [0.2, 0.25) is 0 Å². The van der Waals surface area contributed by atoms with E-state index in [1.54, 1.807) is 0 Å². The smallest absolute Gasteiger partial charge is 0.255 e. The predicted octanol–water partition coefficient (Wildman–Crippen LogP) is 1.83. The Kier molecular flexibility index (Phi) is 12.2. The van der Waals surface area contributed by atoms with Gasteiger partial charge in [-0.1, -0.05) is 0 Å². The Bertz CT molecular complexity index is 87.8. The summed E-state index contributed by atoms with van der Waals surface area (Å²) in [5.74, 6) is -0.912. The van der Waals surface area contributed by atoms with Gasteiger partial charge in [0.1, 0.15) is 12.7 Å². The zero-order chi connectivity index (χ0) is 7.70. The van der Waals surface area contributed by atoms with Crippen molar-refractivity contribution in [1.82, 2.24) is 0 Å². The summed E-state index contributed by atoms with van der Waals surface area (Å²) in [6.07, 6.45) is -0.333. The number of hydrogen-bond acceptors (Lipinski definition) is 2. The van der Waals surface area contributed by atoms with E-state index in [0.29, 0.717) is 0 Å². The van der Waals surface area contributed by atoms with Crippen LogP contribution in [0.25, 0.3) is 0 Å². The quantitative estimate of drug-likeness (QED) is 0.515. The number of rotatable bonds is 0. The fourth-order valence-corrected chi connectivity index (χ4v) is 0. The second-order valence-electron chi connectivity index (χ2n) is 0.821. The average Bonchev–Trinajstić information content (AvgIpc) is 1.89. The van der Waals surface area contributed by atoms with Crippen LogP contribution in [0.1, 0.15) is 6.92 Å². The highest BCUT2D eigenvalue weighted by atomic mass is 19.3. The lowest BCUT2D eigenvalue weighted by atomic mass is 10.9. The average molecular weight is 142 g/mol. The summed E-state index contributed by atoms with van der Waals surface area (Å²) in [5, 5.41) is 0. The normalized spacial score (nSPS) is 8.00. The highest BCUT2D eigenvalue weighted by Gasteiger charge is 1.81. The molecule has 2 nitrogen and oxygen atoms in total. The van der Waals surface area contributed by atoms with E-state index in [0.717, 1.165) is 6.92 Å². The minimum atomic E-state index is -0.912. The molecule has 0 saturated carbocycles. The van der Waals surface area contributed by atoms with Gasteiger partial charge in [-0.3, -0.25) is 4.94 Å². The first-order valence-corrected chi connectivity index (χ1v) is 1.83. The molecule has 0 atom stereocenters. The molecule has 54 valence electrons. The summed E-state index contributed by atoms with van der Waals surface area (Å²) in [6.45, 7) is 0.986. The molecule has 9 heavy (non-hydrogen) atoms. The van der Waals surface area contributed by atoms with E-state index in [4.69, 9.17) is 0 Å². The van der Waals surface area contributed by atoms with Gasteiger partial charge in [-0.25, -0.2) is 13.6 Å². The van der Waals surface area contributed by atoms with Crippen LogP contribution in [-0.2, 0) is 9.74 Å². The second-order valence-corrected chi connectivity index (χ2v) is 0.821. The van der Waals surface area contributed by atoms with E-state index in [-0.39, 0.29) is 12.7 Å². The van der Waals surface area contributed by atoms with Gasteiger partial charge >= 0.3 is 5.97 Å². The van der Waals surface area contributed by atoms with E-state index >= 15 is 0 Å². The minimum absolute atomic E-state index is 0.167. The van der Waals surface area contributed by atoms with Crippen LogP contribution in [0.3, 0.4) is 0 Å². The van der Waals surface area contributed by atoms with Crippen LogP contribution in [0.15, 0.2) is 12.7 Å². The molecule has 0 heterocycles. The van der Waals surface area contributed by atoms with Crippen molar-refractivity contribution in [1.29, 1.82) is 0 Å². The van der Waals surface area contributed by atoms with Crippen molar-refractivity contribution in [2.45, 2.75) is 6.92 Å². The highest BCUT2D eigenvalue weighted by molar-refractivity contribution is 5.64. The zero-order valence-electron chi connectivity index (χ0n) is 4.61. The van der Waals surface area contributed by atoms with Crippen molar-refractivity contribution in [3.63, 3.8) is 0 Å². The Morgan fingerprint density at radius 3 is 1.67 bits per heavy atom. The molecule has 0 bridgehead atoms. The Morgan fingerprint density at radius 1 is 1.44 bits per heavy atom. The molecular weight excluding hydrogens is 137 g/mol. The summed E-state index contributed by atoms with van der Waals surface area (Å²) >= 11 is 0. The van der Waals surface area contributed by atoms with E-state index in [9.17, 15) is 18.1 Å². The van der Waals surface area contributed by atoms with Crippen molar-refractivity contribution in [2.75, 3.05) is 0 Å². The van der Waals surface area contributed by atoms with Gasteiger partial charge in [0.05, 0.1) is 0 Å². The summed E-state index contributed by atoms with van der Waals surface area (Å²) in [5.41, 5.74) is 0. The third-order valence-electron chi connectivity index (χ3n) is 0.156. The van der Waals surface area contributed by atoms with Gasteiger partial charge < -0.3 is 0 Å². The molecule has 0 aromatic heterocycles. The number of carbonyl (C=O) groups is 1. The van der Waals surface area contributed by atoms with E-state index in [1.165, 1.54) is 0 Å². The van der Waals surface area contributed by atoms with Crippen LogP contribution in [0.5, 0.6) is 0 Å². The fourth-order valence-electron chi connectivity index (χ4n) is 0. The maximum atomic E-state index is 10.3. The van der Waals surface area contributed by atoms with Crippen LogP contribution in [-0.4, -0.2) is 5.97 Å². The molecule has 0 N–H and O–H groups in total. The fraction of sp³-hybridized carbons (Fsp3) is 0.250. The SMILES string of the molecule is CC(=O)OF.FC=CF. The second kappa shape index (κ2) is 10.1. The van der Waals surface area contributed by atoms with Crippen LogP contribution in [0, 0.1) is 0 Å². The first kappa shape index (κ1) is 10.9. The predicted molar refractivity (Wildman–Crippen MR) is 24.2 cm³/mol. The van der Waals surface area contributed by atoms with Crippen molar-refractivity contribution in [3.05, 3.63) is 12.7 Å². The first-order valence-electron chi connectivity index (χ1n) is 1.83. The van der Waals surface area contributed by atoms with Crippen molar-refractivity contribution in [3.8, 4) is 0 Å². The molecule has 0 aliphatic heterocycles. The molecule has 5 heteroatoms. The third kappa shape index (κ3) is 43.8. The summed E-state index contributed by atoms with van der Waals surface area (Å²) in [7, 11) is 0. The molecule has 0 aromatic carbocycles. The van der Waals surface area contributed by atoms with Gasteiger partial charge in [-0.05, 0) is 0 Å². The Balaban J connectivity index is 0. The molecule has 0 aliphatic carbocycles. The van der Waals surface area contributed by atoms with Gasteiger partial charge in [0, 0.05) is 11.4 Å². The lowest BCUT2D eigenvalue weighted by molar-refractivity contribution is -0.180. The maximum absolute atomic E-state index is 10.3. The minimum Gasteiger partial charge on any atom is -0.255 e. The molecule has 0 amide bonds. The van der Waals surface area contributed by atoms with E-state index in [2.05, 4.69) is 4.94 Å². The Labute approximate surface area is 49.8 Å². The zero-order valence-corrected chi connectivity index (χ0v) is 4.61. The lowest BCUT2D eigenvalue weighted by Crippen LogP contribution is -1.83. The lowest BCUT2D eigenvalue weighted by Gasteiger charge is -1.71. The highest BCUT2D eigenvalue weighted by Crippen LogP contribution is 1.69. The Morgan fingerprint density at radius 2 is 1.67 bits per heavy atom. The van der Waals surface area contributed by atoms with Crippen LogP contribution in [0.4, 0.5) is 13.3 Å². The number of carbonyl (C=O) groups excluding carboxylic acids is 1. The van der Waals surface area contributed by atoms with Gasteiger partial charge in [-0.15, -0.1) is 0 Å². The standard InChI is InChI=1S/C2H2F2.C2H3FO2/c3-1-2-4;1-2(4)5-3/h1-2H;1H3. The summed E-state index contributed by atoms with van der Waals surface area (Å²) < 4.78 is 30.6. The van der Waals surface area contributed by atoms with Crippen LogP contribution >= 0.6 is 0 Å². The monoisotopic (exact) mass is 142 g/mol.